The quantitative estimate of drug-likeness (QED) is 0.564. The van der Waals surface area contributed by atoms with Gasteiger partial charge in [-0.1, -0.05) is 34.1 Å². The van der Waals surface area contributed by atoms with Crippen LogP contribution in [0, 0.1) is 0 Å². The number of halogens is 1. The Morgan fingerprint density at radius 3 is 2.71 bits per heavy atom. The van der Waals surface area contributed by atoms with Gasteiger partial charge in [-0.05, 0) is 34.5 Å². The average molecular weight is 345 g/mol. The van der Waals surface area contributed by atoms with Gasteiger partial charge in [0.05, 0.1) is 6.04 Å². The molecule has 3 rings (SSSR count). The van der Waals surface area contributed by atoms with Crippen molar-refractivity contribution >= 4 is 26.7 Å². The van der Waals surface area contributed by atoms with Crippen LogP contribution in [0.15, 0.2) is 53.3 Å². The summed E-state index contributed by atoms with van der Waals surface area (Å²) in [5.41, 5.74) is 4.06. The summed E-state index contributed by atoms with van der Waals surface area (Å²) in [6.07, 6.45) is 4.50. The molecule has 2 aromatic carbocycles. The number of nitrogens with zero attached hydrogens (tertiary/aromatic N) is 2. The molecule has 0 saturated heterocycles. The summed E-state index contributed by atoms with van der Waals surface area (Å²) in [5.74, 6) is 6.75. The minimum absolute atomic E-state index is 0.0409. The van der Waals surface area contributed by atoms with Crippen molar-refractivity contribution < 1.29 is 0 Å². The normalized spacial score (nSPS) is 12.7. The highest BCUT2D eigenvalue weighted by molar-refractivity contribution is 9.10. The Bertz CT molecular complexity index is 766. The van der Waals surface area contributed by atoms with Gasteiger partial charge in [0.15, 0.2) is 0 Å². The fraction of sp³-hybridized carbons (Fsp3) is 0.188. The molecule has 4 nitrogen and oxygen atoms in total. The Kier molecular flexibility index (Phi) is 4.05. The molecule has 0 aliphatic heterocycles. The highest BCUT2D eigenvalue weighted by Crippen LogP contribution is 2.24. The Balaban J connectivity index is 1.93. The Labute approximate surface area is 132 Å². The second-order valence-corrected chi connectivity index (χ2v) is 6.04. The average Bonchev–Trinajstić information content (AvgIpc) is 2.89. The van der Waals surface area contributed by atoms with Crippen LogP contribution >= 0.6 is 15.9 Å². The van der Waals surface area contributed by atoms with Gasteiger partial charge in [-0.25, -0.2) is 4.98 Å². The summed E-state index contributed by atoms with van der Waals surface area (Å²) in [6.45, 7) is 0. The van der Waals surface area contributed by atoms with Gasteiger partial charge in [-0.3, -0.25) is 11.3 Å². The van der Waals surface area contributed by atoms with Gasteiger partial charge >= 0.3 is 0 Å². The molecule has 1 aromatic heterocycles. The van der Waals surface area contributed by atoms with Crippen molar-refractivity contribution in [3.63, 3.8) is 0 Å². The summed E-state index contributed by atoms with van der Waals surface area (Å²) >= 11 is 3.50. The standard InChI is InChI=1S/C16H17BrN4/c1-21-7-6-19-16(21)10-15(20-18)13-3-2-12-9-14(17)5-4-11(12)8-13/h2-9,15,20H,10,18H2,1H3. The number of aryl methyl sites for hydroxylation is 1. The van der Waals surface area contributed by atoms with Crippen molar-refractivity contribution in [2.75, 3.05) is 0 Å². The Morgan fingerprint density at radius 2 is 2.00 bits per heavy atom. The lowest BCUT2D eigenvalue weighted by atomic mass is 10.00. The van der Waals surface area contributed by atoms with Crippen molar-refractivity contribution in [1.29, 1.82) is 0 Å². The first-order valence-corrected chi connectivity index (χ1v) is 7.58. The molecule has 0 amide bonds. The van der Waals surface area contributed by atoms with E-state index in [0.29, 0.717) is 0 Å². The van der Waals surface area contributed by atoms with Crippen LogP contribution in [-0.4, -0.2) is 9.55 Å². The van der Waals surface area contributed by atoms with Crippen molar-refractivity contribution in [1.82, 2.24) is 15.0 Å². The largest absolute Gasteiger partial charge is 0.338 e. The number of rotatable bonds is 4. The first-order valence-electron chi connectivity index (χ1n) is 6.79. The predicted octanol–water partition coefficient (Wildman–Crippen LogP) is 3.08. The summed E-state index contributed by atoms with van der Waals surface area (Å²) < 4.78 is 3.10. The lowest BCUT2D eigenvalue weighted by molar-refractivity contribution is 0.531. The minimum Gasteiger partial charge on any atom is -0.338 e. The molecule has 0 spiro atoms. The first kappa shape index (κ1) is 14.3. The SMILES string of the molecule is Cn1ccnc1CC(NN)c1ccc2cc(Br)ccc2c1. The second kappa shape index (κ2) is 5.97. The molecule has 0 bridgehead atoms. The molecular formula is C16H17BrN4. The minimum atomic E-state index is 0.0409. The number of hydrazine groups is 1. The second-order valence-electron chi connectivity index (χ2n) is 5.13. The van der Waals surface area contributed by atoms with Gasteiger partial charge in [0, 0.05) is 30.3 Å². The number of hydrogen-bond donors (Lipinski definition) is 2. The maximum absolute atomic E-state index is 5.75. The van der Waals surface area contributed by atoms with E-state index in [0.717, 1.165) is 22.3 Å². The third kappa shape index (κ3) is 3.00. The van der Waals surface area contributed by atoms with E-state index in [1.54, 1.807) is 6.20 Å². The van der Waals surface area contributed by atoms with Crippen LogP contribution in [-0.2, 0) is 13.5 Å². The number of imidazole rings is 1. The smallest absolute Gasteiger partial charge is 0.110 e. The molecule has 3 aromatic rings. The summed E-state index contributed by atoms with van der Waals surface area (Å²) in [7, 11) is 1.99. The molecule has 0 aliphatic rings. The van der Waals surface area contributed by atoms with Gasteiger partial charge in [0.1, 0.15) is 5.82 Å². The van der Waals surface area contributed by atoms with Crippen molar-refractivity contribution in [3.05, 3.63) is 64.7 Å². The number of hydrogen-bond acceptors (Lipinski definition) is 3. The van der Waals surface area contributed by atoms with Crippen molar-refractivity contribution in [2.45, 2.75) is 12.5 Å². The number of nitrogens with two attached hydrogens (primary N) is 1. The zero-order valence-corrected chi connectivity index (χ0v) is 13.3. The van der Waals surface area contributed by atoms with E-state index in [1.165, 1.54) is 10.8 Å². The monoisotopic (exact) mass is 344 g/mol. The van der Waals surface area contributed by atoms with E-state index >= 15 is 0 Å². The van der Waals surface area contributed by atoms with Crippen LogP contribution in [0.2, 0.25) is 0 Å². The van der Waals surface area contributed by atoms with Crippen LogP contribution in [0.1, 0.15) is 17.4 Å². The van der Waals surface area contributed by atoms with Crippen LogP contribution in [0.5, 0.6) is 0 Å². The van der Waals surface area contributed by atoms with Crippen LogP contribution in [0.4, 0.5) is 0 Å². The first-order chi connectivity index (χ1) is 10.2. The molecule has 3 N–H and O–H groups in total. The molecule has 0 fully saturated rings. The van der Waals surface area contributed by atoms with Gasteiger partial charge in [0.2, 0.25) is 0 Å². The van der Waals surface area contributed by atoms with E-state index in [1.807, 2.05) is 17.8 Å². The van der Waals surface area contributed by atoms with E-state index in [9.17, 15) is 0 Å². The van der Waals surface area contributed by atoms with Crippen molar-refractivity contribution in [2.24, 2.45) is 12.9 Å². The van der Waals surface area contributed by atoms with Gasteiger partial charge < -0.3 is 4.57 Å². The topological polar surface area (TPSA) is 55.9 Å². The Morgan fingerprint density at radius 1 is 1.24 bits per heavy atom. The lowest BCUT2D eigenvalue weighted by Crippen LogP contribution is -2.30. The molecule has 0 saturated carbocycles. The third-order valence-corrected chi connectivity index (χ3v) is 4.23. The number of fused-ring (bicyclic) bond motifs is 1. The van der Waals surface area contributed by atoms with Crippen molar-refractivity contribution in [3.8, 4) is 0 Å². The fourth-order valence-corrected chi connectivity index (χ4v) is 2.88. The maximum Gasteiger partial charge on any atom is 0.110 e. The molecule has 108 valence electrons. The summed E-state index contributed by atoms with van der Waals surface area (Å²) in [6, 6.07) is 12.7. The van der Waals surface area contributed by atoms with E-state index in [-0.39, 0.29) is 6.04 Å². The van der Waals surface area contributed by atoms with E-state index in [4.69, 9.17) is 5.84 Å². The molecule has 1 unspecified atom stereocenters. The molecule has 0 radical (unpaired) electrons. The Hall–Kier alpha value is -1.69. The number of benzene rings is 2. The number of aromatic nitrogens is 2. The zero-order valence-electron chi connectivity index (χ0n) is 11.8. The van der Waals surface area contributed by atoms with Gasteiger partial charge in [-0.2, -0.15) is 0 Å². The number of nitrogens with one attached hydrogen (secondary N) is 1. The van der Waals surface area contributed by atoms with E-state index < -0.39 is 0 Å². The fourth-order valence-electron chi connectivity index (χ4n) is 2.50. The predicted molar refractivity (Wildman–Crippen MR) is 88.6 cm³/mol. The molecular weight excluding hydrogens is 328 g/mol. The summed E-state index contributed by atoms with van der Waals surface area (Å²) in [4.78, 5) is 4.36. The van der Waals surface area contributed by atoms with Crippen LogP contribution in [0.3, 0.4) is 0 Å². The zero-order chi connectivity index (χ0) is 14.8. The maximum atomic E-state index is 5.75. The molecule has 21 heavy (non-hydrogen) atoms. The van der Waals surface area contributed by atoms with Crippen LogP contribution < -0.4 is 11.3 Å². The third-order valence-electron chi connectivity index (χ3n) is 3.74. The summed E-state index contributed by atoms with van der Waals surface area (Å²) in [5, 5.41) is 2.41. The van der Waals surface area contributed by atoms with E-state index in [2.05, 4.69) is 62.7 Å². The molecule has 0 aliphatic carbocycles. The van der Waals surface area contributed by atoms with Crippen LogP contribution in [0.25, 0.3) is 10.8 Å². The highest BCUT2D eigenvalue weighted by Gasteiger charge is 2.13. The lowest BCUT2D eigenvalue weighted by Gasteiger charge is -2.17. The van der Waals surface area contributed by atoms with Gasteiger partial charge in [-0.15, -0.1) is 0 Å². The molecule has 1 atom stereocenters. The van der Waals surface area contributed by atoms with Gasteiger partial charge in [0.25, 0.3) is 0 Å². The molecule has 1 heterocycles. The molecule has 5 heteroatoms. The highest BCUT2D eigenvalue weighted by atomic mass is 79.9.